The van der Waals surface area contributed by atoms with Crippen LogP contribution in [0.25, 0.3) is 11.0 Å². The number of halogens is 2. The number of alkyl halides is 1. The maximum Gasteiger partial charge on any atom is 0.222 e. The lowest BCUT2D eigenvalue weighted by Crippen LogP contribution is -2.17. The molecule has 1 unspecified atom stereocenters. The van der Waals surface area contributed by atoms with Crippen LogP contribution < -0.4 is 5.32 Å². The van der Waals surface area contributed by atoms with Crippen LogP contribution in [0.2, 0.25) is 5.02 Å². The molecule has 0 aliphatic carbocycles. The summed E-state index contributed by atoms with van der Waals surface area (Å²) in [6.07, 6.45) is 1.17. The quantitative estimate of drug-likeness (QED) is 0.885. The van der Waals surface area contributed by atoms with Crippen molar-refractivity contribution >= 4 is 40.1 Å². The Morgan fingerprint density at radius 2 is 2.32 bits per heavy atom. The van der Waals surface area contributed by atoms with Gasteiger partial charge >= 0.3 is 0 Å². The van der Waals surface area contributed by atoms with E-state index in [9.17, 15) is 4.79 Å². The molecule has 6 heteroatoms. The Labute approximate surface area is 120 Å². The first kappa shape index (κ1) is 12.8. The van der Waals surface area contributed by atoms with E-state index in [1.165, 1.54) is 0 Å². The maximum absolute atomic E-state index is 11.4. The van der Waals surface area contributed by atoms with Crippen LogP contribution in [0.3, 0.4) is 0 Å². The molecule has 2 heterocycles. The van der Waals surface area contributed by atoms with E-state index in [1.54, 1.807) is 0 Å². The Morgan fingerprint density at radius 1 is 1.47 bits per heavy atom. The zero-order valence-electron chi connectivity index (χ0n) is 10.2. The second-order valence-electron chi connectivity index (χ2n) is 4.63. The summed E-state index contributed by atoms with van der Waals surface area (Å²) in [5, 5.41) is 3.52. The van der Waals surface area contributed by atoms with E-state index >= 15 is 0 Å². The number of nitrogens with one attached hydrogen (secondary N) is 1. The molecule has 3 rings (SSSR count). The van der Waals surface area contributed by atoms with Crippen molar-refractivity contribution in [1.82, 2.24) is 14.9 Å². The number of rotatable bonds is 3. The molecule has 1 fully saturated rings. The Kier molecular flexibility index (Phi) is 3.37. The van der Waals surface area contributed by atoms with Crippen LogP contribution >= 0.6 is 23.2 Å². The molecule has 1 aromatic heterocycles. The molecule has 19 heavy (non-hydrogen) atoms. The van der Waals surface area contributed by atoms with Gasteiger partial charge in [-0.3, -0.25) is 4.79 Å². The van der Waals surface area contributed by atoms with Gasteiger partial charge < -0.3 is 9.88 Å². The number of carbonyl (C=O) groups excluding carboxylic acids is 1. The van der Waals surface area contributed by atoms with Crippen molar-refractivity contribution in [2.24, 2.45) is 0 Å². The van der Waals surface area contributed by atoms with Crippen LogP contribution in [0, 0.1) is 0 Å². The molecular weight excluding hydrogens is 285 g/mol. The van der Waals surface area contributed by atoms with Crippen molar-refractivity contribution in [3.05, 3.63) is 29.0 Å². The average Bonchev–Trinajstić information content (AvgIpc) is 2.92. The smallest absolute Gasteiger partial charge is 0.222 e. The second-order valence-corrected chi connectivity index (χ2v) is 5.45. The standard InChI is InChI=1S/C13H13Cl2N3O/c14-4-3-12-17-10-5-8(15)1-2-11(10)18(12)9-6-13(19)16-7-9/h1-2,5,9H,3-4,6-7H2,(H,16,19). The van der Waals surface area contributed by atoms with E-state index in [-0.39, 0.29) is 11.9 Å². The predicted octanol–water partition coefficient (Wildman–Crippen LogP) is 2.53. The van der Waals surface area contributed by atoms with Crippen molar-refractivity contribution in [3.63, 3.8) is 0 Å². The number of fused-ring (bicyclic) bond motifs is 1. The minimum Gasteiger partial charge on any atom is -0.354 e. The van der Waals surface area contributed by atoms with Crippen molar-refractivity contribution in [1.29, 1.82) is 0 Å². The molecule has 1 aliphatic heterocycles. The van der Waals surface area contributed by atoms with Crippen LogP contribution in [0.15, 0.2) is 18.2 Å². The first-order chi connectivity index (χ1) is 9.19. The minimum atomic E-state index is 0.0811. The summed E-state index contributed by atoms with van der Waals surface area (Å²) in [6, 6.07) is 5.74. The highest BCUT2D eigenvalue weighted by molar-refractivity contribution is 6.31. The highest BCUT2D eigenvalue weighted by Gasteiger charge is 2.26. The van der Waals surface area contributed by atoms with Crippen molar-refractivity contribution < 1.29 is 4.79 Å². The lowest BCUT2D eigenvalue weighted by Gasteiger charge is -2.14. The van der Waals surface area contributed by atoms with Gasteiger partial charge in [-0.15, -0.1) is 11.6 Å². The van der Waals surface area contributed by atoms with Gasteiger partial charge in [-0.25, -0.2) is 4.98 Å². The van der Waals surface area contributed by atoms with Gasteiger partial charge in [0, 0.05) is 30.3 Å². The van der Waals surface area contributed by atoms with Gasteiger partial charge in [-0.05, 0) is 18.2 Å². The Morgan fingerprint density at radius 3 is 3.00 bits per heavy atom. The van der Waals surface area contributed by atoms with Crippen LogP contribution in [0.5, 0.6) is 0 Å². The van der Waals surface area contributed by atoms with Gasteiger partial charge in [-0.1, -0.05) is 11.6 Å². The molecule has 0 saturated carbocycles. The van der Waals surface area contributed by atoms with Gasteiger partial charge in [0.05, 0.1) is 17.1 Å². The zero-order chi connectivity index (χ0) is 13.4. The minimum absolute atomic E-state index is 0.0811. The fourth-order valence-corrected chi connectivity index (χ4v) is 2.90. The number of imidazole rings is 1. The number of benzene rings is 1. The molecular formula is C13H13Cl2N3O. The van der Waals surface area contributed by atoms with E-state index < -0.39 is 0 Å². The van der Waals surface area contributed by atoms with Crippen LogP contribution in [0.4, 0.5) is 0 Å². The molecule has 1 aliphatic rings. The van der Waals surface area contributed by atoms with E-state index in [0.717, 1.165) is 16.9 Å². The number of hydrogen-bond donors (Lipinski definition) is 1. The summed E-state index contributed by atoms with van der Waals surface area (Å²) in [5.41, 5.74) is 1.86. The number of hydrogen-bond acceptors (Lipinski definition) is 2. The first-order valence-electron chi connectivity index (χ1n) is 6.18. The number of nitrogens with zero attached hydrogens (tertiary/aromatic N) is 2. The number of aryl methyl sites for hydroxylation is 1. The fourth-order valence-electron chi connectivity index (χ4n) is 2.56. The molecule has 2 aromatic rings. The van der Waals surface area contributed by atoms with E-state index in [4.69, 9.17) is 23.2 Å². The third-order valence-electron chi connectivity index (χ3n) is 3.36. The third kappa shape index (κ3) is 2.30. The van der Waals surface area contributed by atoms with Gasteiger partial charge in [0.25, 0.3) is 0 Å². The highest BCUT2D eigenvalue weighted by atomic mass is 35.5. The van der Waals surface area contributed by atoms with Gasteiger partial charge in [-0.2, -0.15) is 0 Å². The Balaban J connectivity index is 2.13. The maximum atomic E-state index is 11.4. The van der Waals surface area contributed by atoms with E-state index in [0.29, 0.717) is 30.3 Å². The normalized spacial score (nSPS) is 19.1. The molecule has 0 radical (unpaired) electrons. The third-order valence-corrected chi connectivity index (χ3v) is 3.79. The predicted molar refractivity (Wildman–Crippen MR) is 75.8 cm³/mol. The summed E-state index contributed by atoms with van der Waals surface area (Å²) >= 11 is 11.8. The van der Waals surface area contributed by atoms with E-state index in [1.807, 2.05) is 18.2 Å². The van der Waals surface area contributed by atoms with Gasteiger partial charge in [0.1, 0.15) is 5.82 Å². The number of amides is 1. The van der Waals surface area contributed by atoms with Crippen LogP contribution in [0.1, 0.15) is 18.3 Å². The van der Waals surface area contributed by atoms with Crippen LogP contribution in [-0.2, 0) is 11.2 Å². The molecule has 1 N–H and O–H groups in total. The molecule has 4 nitrogen and oxygen atoms in total. The summed E-state index contributed by atoms with van der Waals surface area (Å²) in [4.78, 5) is 16.0. The Hall–Kier alpha value is -1.26. The number of carbonyl (C=O) groups is 1. The molecule has 1 aromatic carbocycles. The number of aromatic nitrogens is 2. The monoisotopic (exact) mass is 297 g/mol. The first-order valence-corrected chi connectivity index (χ1v) is 7.09. The molecule has 1 saturated heterocycles. The second kappa shape index (κ2) is 5.02. The highest BCUT2D eigenvalue weighted by Crippen LogP contribution is 2.27. The largest absolute Gasteiger partial charge is 0.354 e. The van der Waals surface area contributed by atoms with E-state index in [2.05, 4.69) is 14.9 Å². The molecule has 1 amide bonds. The van der Waals surface area contributed by atoms with Crippen molar-refractivity contribution in [2.75, 3.05) is 12.4 Å². The summed E-state index contributed by atoms with van der Waals surface area (Å²) in [5.74, 6) is 1.50. The molecule has 0 bridgehead atoms. The molecule has 1 atom stereocenters. The topological polar surface area (TPSA) is 46.9 Å². The summed E-state index contributed by atoms with van der Waals surface area (Å²) in [6.45, 7) is 0.641. The fraction of sp³-hybridized carbons (Fsp3) is 0.385. The van der Waals surface area contributed by atoms with Crippen molar-refractivity contribution in [3.8, 4) is 0 Å². The van der Waals surface area contributed by atoms with Gasteiger partial charge in [0.15, 0.2) is 0 Å². The lowest BCUT2D eigenvalue weighted by molar-refractivity contribution is -0.119. The van der Waals surface area contributed by atoms with Crippen molar-refractivity contribution in [2.45, 2.75) is 18.9 Å². The van der Waals surface area contributed by atoms with Crippen LogP contribution in [-0.4, -0.2) is 27.9 Å². The Bertz CT molecular complexity index is 638. The summed E-state index contributed by atoms with van der Waals surface area (Å²) < 4.78 is 2.12. The van der Waals surface area contributed by atoms with Gasteiger partial charge in [0.2, 0.25) is 5.91 Å². The summed E-state index contributed by atoms with van der Waals surface area (Å²) in [7, 11) is 0. The lowest BCUT2D eigenvalue weighted by atomic mass is 10.2. The zero-order valence-corrected chi connectivity index (χ0v) is 11.7. The average molecular weight is 298 g/mol. The SMILES string of the molecule is O=C1CC(n2c(CCCl)nc3cc(Cl)ccc32)CN1. The molecule has 0 spiro atoms. The molecule has 100 valence electrons.